The number of nitrogens with zero attached hydrogens (tertiary/aromatic N) is 4. The molecule has 2 aliphatic heterocycles. The lowest BCUT2D eigenvalue weighted by Crippen LogP contribution is -2.59. The molecule has 3 heterocycles. The van der Waals surface area contributed by atoms with E-state index in [1.807, 2.05) is 18.2 Å². The SMILES string of the molecule is CCC(=O)N1c2ccccc2-c2c([O-])nc(SC)n[n+]2C1c1cc2c(cc1Cl)OCO2. The van der Waals surface area contributed by atoms with Crippen LogP contribution in [0.25, 0.3) is 11.3 Å². The number of amides is 1. The summed E-state index contributed by atoms with van der Waals surface area (Å²) in [5.41, 5.74) is 2.06. The highest BCUT2D eigenvalue weighted by Gasteiger charge is 2.45. The summed E-state index contributed by atoms with van der Waals surface area (Å²) in [5.74, 6) is 0.490. The molecule has 10 heteroatoms. The minimum Gasteiger partial charge on any atom is -0.854 e. The van der Waals surface area contributed by atoms with E-state index < -0.39 is 12.0 Å². The van der Waals surface area contributed by atoms with E-state index in [0.717, 1.165) is 0 Å². The molecular formula is C21H17ClN4O4S. The Morgan fingerprint density at radius 3 is 2.81 bits per heavy atom. The molecule has 158 valence electrons. The Labute approximate surface area is 187 Å². The van der Waals surface area contributed by atoms with E-state index >= 15 is 0 Å². The number of halogens is 1. The van der Waals surface area contributed by atoms with Crippen molar-refractivity contribution in [1.82, 2.24) is 10.1 Å². The van der Waals surface area contributed by atoms with Gasteiger partial charge in [-0.25, -0.2) is 9.88 Å². The van der Waals surface area contributed by atoms with Crippen LogP contribution in [-0.2, 0) is 4.79 Å². The molecule has 5 rings (SSSR count). The first-order valence-electron chi connectivity index (χ1n) is 9.58. The Balaban J connectivity index is 1.84. The summed E-state index contributed by atoms with van der Waals surface area (Å²) in [4.78, 5) is 18.9. The lowest BCUT2D eigenvalue weighted by atomic mass is 10.0. The average molecular weight is 457 g/mol. The van der Waals surface area contributed by atoms with Crippen LogP contribution in [-0.4, -0.2) is 29.0 Å². The fourth-order valence-corrected chi connectivity index (χ4v) is 4.47. The van der Waals surface area contributed by atoms with Crippen molar-refractivity contribution in [3.05, 3.63) is 47.0 Å². The van der Waals surface area contributed by atoms with Gasteiger partial charge in [-0.15, -0.1) is 0 Å². The summed E-state index contributed by atoms with van der Waals surface area (Å²) in [6.07, 6.45) is 1.25. The van der Waals surface area contributed by atoms with Gasteiger partial charge in [-0.05, 0) is 24.5 Å². The molecule has 1 amide bonds. The molecule has 1 atom stereocenters. The van der Waals surface area contributed by atoms with Crippen LogP contribution in [0.4, 0.5) is 5.69 Å². The van der Waals surface area contributed by atoms with Crippen molar-refractivity contribution in [1.29, 1.82) is 0 Å². The van der Waals surface area contributed by atoms with Crippen LogP contribution >= 0.6 is 23.4 Å². The fourth-order valence-electron chi connectivity index (χ4n) is 3.87. The molecule has 0 bridgehead atoms. The number of anilines is 1. The van der Waals surface area contributed by atoms with Gasteiger partial charge in [0.05, 0.1) is 27.7 Å². The summed E-state index contributed by atoms with van der Waals surface area (Å²) in [6, 6.07) is 10.6. The fraction of sp³-hybridized carbons (Fsp3) is 0.238. The molecule has 3 aromatic rings. The minimum absolute atomic E-state index is 0.0907. The van der Waals surface area contributed by atoms with Gasteiger partial charge < -0.3 is 14.6 Å². The van der Waals surface area contributed by atoms with Crippen LogP contribution in [0.2, 0.25) is 5.02 Å². The quantitative estimate of drug-likeness (QED) is 0.442. The minimum atomic E-state index is -0.791. The van der Waals surface area contributed by atoms with E-state index in [1.54, 1.807) is 41.0 Å². The van der Waals surface area contributed by atoms with E-state index in [1.165, 1.54) is 11.8 Å². The van der Waals surface area contributed by atoms with Crippen LogP contribution in [0, 0.1) is 0 Å². The number of aromatic nitrogens is 3. The zero-order valence-electron chi connectivity index (χ0n) is 16.7. The summed E-state index contributed by atoms with van der Waals surface area (Å²) < 4.78 is 12.5. The molecule has 0 radical (unpaired) electrons. The largest absolute Gasteiger partial charge is 0.854 e. The Kier molecular flexibility index (Phi) is 4.86. The molecule has 31 heavy (non-hydrogen) atoms. The molecule has 0 fully saturated rings. The van der Waals surface area contributed by atoms with E-state index in [0.29, 0.717) is 44.2 Å². The third-order valence-corrected chi connectivity index (χ3v) is 6.11. The van der Waals surface area contributed by atoms with E-state index in [2.05, 4.69) is 10.1 Å². The predicted molar refractivity (Wildman–Crippen MR) is 112 cm³/mol. The Hall–Kier alpha value is -3.04. The van der Waals surface area contributed by atoms with Gasteiger partial charge in [0.15, 0.2) is 11.5 Å². The maximum atomic E-state index is 13.2. The third-order valence-electron chi connectivity index (χ3n) is 5.24. The second kappa shape index (κ2) is 7.58. The number of ether oxygens (including phenoxy) is 2. The van der Waals surface area contributed by atoms with Gasteiger partial charge >= 0.3 is 0 Å². The van der Waals surface area contributed by atoms with E-state index in [-0.39, 0.29) is 19.1 Å². The predicted octanol–water partition coefficient (Wildman–Crippen LogP) is 2.91. The highest BCUT2D eigenvalue weighted by molar-refractivity contribution is 7.98. The second-order valence-corrected chi connectivity index (χ2v) is 8.11. The number of carbonyl (C=O) groups is 1. The number of hydrogen-bond donors (Lipinski definition) is 0. The Bertz CT molecular complexity index is 1220. The molecule has 0 saturated carbocycles. The van der Waals surface area contributed by atoms with Crippen molar-refractivity contribution >= 4 is 35.0 Å². The van der Waals surface area contributed by atoms with Crippen LogP contribution in [0.15, 0.2) is 41.6 Å². The van der Waals surface area contributed by atoms with Crippen LogP contribution < -0.4 is 24.2 Å². The molecule has 1 unspecified atom stereocenters. The monoisotopic (exact) mass is 456 g/mol. The topological polar surface area (TPSA) is 91.5 Å². The second-order valence-electron chi connectivity index (χ2n) is 6.93. The average Bonchev–Trinajstić information content (AvgIpc) is 3.23. The summed E-state index contributed by atoms with van der Waals surface area (Å²) in [5, 5.41) is 18.3. The van der Waals surface area contributed by atoms with Gasteiger partial charge in [0.2, 0.25) is 12.7 Å². The third kappa shape index (κ3) is 3.07. The molecule has 8 nitrogen and oxygen atoms in total. The van der Waals surface area contributed by atoms with Crippen LogP contribution in [0.1, 0.15) is 25.1 Å². The van der Waals surface area contributed by atoms with Crippen LogP contribution in [0.5, 0.6) is 17.4 Å². The number of carbonyl (C=O) groups excluding carboxylic acids is 1. The van der Waals surface area contributed by atoms with Gasteiger partial charge in [-0.3, -0.25) is 4.79 Å². The van der Waals surface area contributed by atoms with Crippen molar-refractivity contribution in [2.45, 2.75) is 24.7 Å². The van der Waals surface area contributed by atoms with E-state index in [4.69, 9.17) is 21.1 Å². The zero-order valence-corrected chi connectivity index (χ0v) is 18.2. The van der Waals surface area contributed by atoms with Gasteiger partial charge in [0.25, 0.3) is 17.0 Å². The van der Waals surface area contributed by atoms with Crippen molar-refractivity contribution in [2.24, 2.45) is 0 Å². The first-order valence-corrected chi connectivity index (χ1v) is 11.2. The highest BCUT2D eigenvalue weighted by Crippen LogP contribution is 2.45. The Morgan fingerprint density at radius 1 is 1.32 bits per heavy atom. The number of benzene rings is 2. The molecule has 0 saturated heterocycles. The maximum Gasteiger partial charge on any atom is 0.294 e. The lowest BCUT2D eigenvalue weighted by molar-refractivity contribution is -0.764. The van der Waals surface area contributed by atoms with Crippen molar-refractivity contribution < 1.29 is 24.1 Å². The summed E-state index contributed by atoms with van der Waals surface area (Å²) in [7, 11) is 0. The number of para-hydroxylation sites is 1. The van der Waals surface area contributed by atoms with Crippen LogP contribution in [0.3, 0.4) is 0 Å². The standard InChI is InChI=1S/C21H17ClN4O4S/c1-3-17(27)25-14-7-5-4-6-11(14)18-19(28)23-21(31-2)24-26(18)20(25)12-8-15-16(9-13(12)22)30-10-29-15/h4-9,20H,3,10H2,1-2H3. The first kappa shape index (κ1) is 19.9. The normalized spacial score (nSPS) is 16.1. The summed E-state index contributed by atoms with van der Waals surface area (Å²) in [6.45, 7) is 1.88. The van der Waals surface area contributed by atoms with Crippen molar-refractivity contribution in [3.63, 3.8) is 0 Å². The number of thioether (sulfide) groups is 1. The van der Waals surface area contributed by atoms with Gasteiger partial charge in [0.1, 0.15) is 0 Å². The molecule has 1 aromatic heterocycles. The zero-order chi connectivity index (χ0) is 21.7. The number of rotatable bonds is 3. The highest BCUT2D eigenvalue weighted by atomic mass is 35.5. The smallest absolute Gasteiger partial charge is 0.294 e. The molecule has 0 aliphatic carbocycles. The molecule has 0 spiro atoms. The number of hydrogen-bond acceptors (Lipinski definition) is 7. The number of fused-ring (bicyclic) bond motifs is 4. The molecule has 2 aromatic carbocycles. The van der Waals surface area contributed by atoms with Gasteiger partial charge in [-0.2, -0.15) is 0 Å². The maximum absolute atomic E-state index is 13.2. The van der Waals surface area contributed by atoms with Gasteiger partial charge in [-0.1, -0.05) is 47.1 Å². The molecule has 2 aliphatic rings. The molecular weight excluding hydrogens is 440 g/mol. The first-order chi connectivity index (χ1) is 15.0. The van der Waals surface area contributed by atoms with Gasteiger partial charge in [0, 0.05) is 17.6 Å². The van der Waals surface area contributed by atoms with Crippen molar-refractivity contribution in [3.8, 4) is 28.6 Å². The Morgan fingerprint density at radius 2 is 2.06 bits per heavy atom. The summed E-state index contributed by atoms with van der Waals surface area (Å²) >= 11 is 7.90. The van der Waals surface area contributed by atoms with E-state index in [9.17, 15) is 9.90 Å². The lowest BCUT2D eigenvalue weighted by Gasteiger charge is -2.33. The molecule has 0 N–H and O–H groups in total. The van der Waals surface area contributed by atoms with Crippen molar-refractivity contribution in [2.75, 3.05) is 17.9 Å².